The summed E-state index contributed by atoms with van der Waals surface area (Å²) in [6.07, 6.45) is 0. The van der Waals surface area contributed by atoms with Gasteiger partial charge in [-0.1, -0.05) is 12.1 Å². The molecule has 136 valence electrons. The summed E-state index contributed by atoms with van der Waals surface area (Å²) in [7, 11) is 2.88. The Balaban J connectivity index is 2.11. The molecule has 0 aliphatic heterocycles. The van der Waals surface area contributed by atoms with E-state index in [0.29, 0.717) is 17.1 Å². The molecule has 2 aromatic carbocycles. The number of aryl methyl sites for hydroxylation is 1. The third-order valence-electron chi connectivity index (χ3n) is 3.65. The maximum absolute atomic E-state index is 12.2. The number of ether oxygens (including phenoxy) is 3. The van der Waals surface area contributed by atoms with Crippen molar-refractivity contribution < 1.29 is 28.7 Å². The van der Waals surface area contributed by atoms with Crippen molar-refractivity contribution in [2.75, 3.05) is 20.8 Å². The van der Waals surface area contributed by atoms with E-state index in [-0.39, 0.29) is 16.8 Å². The van der Waals surface area contributed by atoms with Gasteiger partial charge in [0.05, 0.1) is 24.7 Å². The van der Waals surface area contributed by atoms with Gasteiger partial charge in [-0.05, 0) is 19.1 Å². The molecular weight excluding hydrogens is 342 g/mol. The van der Waals surface area contributed by atoms with Crippen molar-refractivity contribution in [2.45, 2.75) is 6.92 Å². The summed E-state index contributed by atoms with van der Waals surface area (Å²) in [6, 6.07) is 8.58. The maximum Gasteiger partial charge on any atom is 0.338 e. The molecule has 0 N–H and O–H groups in total. The maximum atomic E-state index is 12.2. The average molecular weight is 359 g/mol. The van der Waals surface area contributed by atoms with E-state index in [1.54, 1.807) is 13.0 Å². The van der Waals surface area contributed by atoms with Crippen molar-refractivity contribution in [2.24, 2.45) is 0 Å². The minimum absolute atomic E-state index is 0.0957. The van der Waals surface area contributed by atoms with Crippen molar-refractivity contribution >= 4 is 17.4 Å². The molecule has 0 fully saturated rings. The van der Waals surface area contributed by atoms with E-state index in [0.717, 1.165) is 0 Å². The van der Waals surface area contributed by atoms with Gasteiger partial charge >= 0.3 is 5.97 Å². The Morgan fingerprint density at radius 3 is 2.15 bits per heavy atom. The van der Waals surface area contributed by atoms with E-state index in [2.05, 4.69) is 0 Å². The highest BCUT2D eigenvalue weighted by atomic mass is 16.6. The Kier molecular flexibility index (Phi) is 5.90. The van der Waals surface area contributed by atoms with Gasteiger partial charge in [0.15, 0.2) is 6.61 Å². The monoisotopic (exact) mass is 359 g/mol. The number of rotatable bonds is 7. The van der Waals surface area contributed by atoms with Crippen molar-refractivity contribution in [3.8, 4) is 11.5 Å². The molecular formula is C18H17NO7. The van der Waals surface area contributed by atoms with Crippen LogP contribution in [0.1, 0.15) is 26.3 Å². The van der Waals surface area contributed by atoms with Crippen LogP contribution in [0, 0.1) is 17.0 Å². The number of nitro benzene ring substituents is 1. The van der Waals surface area contributed by atoms with E-state index in [1.165, 1.54) is 44.6 Å². The number of nitrogens with zero attached hydrogens (tertiary/aromatic N) is 1. The number of Topliss-reactive ketones (excluding diaryl/α,β-unsaturated/α-hetero) is 1. The normalized spacial score (nSPS) is 10.1. The molecule has 0 aromatic heterocycles. The molecule has 0 spiro atoms. The quantitative estimate of drug-likeness (QED) is 0.324. The number of benzene rings is 2. The topological polar surface area (TPSA) is 105 Å². The van der Waals surface area contributed by atoms with Gasteiger partial charge in [0.2, 0.25) is 5.78 Å². The fourth-order valence-electron chi connectivity index (χ4n) is 2.20. The Hall–Kier alpha value is -3.42. The lowest BCUT2D eigenvalue weighted by Crippen LogP contribution is -2.14. The predicted molar refractivity (Wildman–Crippen MR) is 92.0 cm³/mol. The van der Waals surface area contributed by atoms with Gasteiger partial charge in [-0.25, -0.2) is 4.79 Å². The summed E-state index contributed by atoms with van der Waals surface area (Å²) >= 11 is 0. The van der Waals surface area contributed by atoms with Gasteiger partial charge in [-0.15, -0.1) is 0 Å². The third kappa shape index (κ3) is 4.35. The first-order valence-corrected chi connectivity index (χ1v) is 7.54. The first-order chi connectivity index (χ1) is 12.3. The molecule has 0 aliphatic rings. The molecule has 0 saturated carbocycles. The molecule has 2 rings (SSSR count). The van der Waals surface area contributed by atoms with Crippen LogP contribution in [-0.2, 0) is 4.74 Å². The van der Waals surface area contributed by atoms with E-state index >= 15 is 0 Å². The summed E-state index contributed by atoms with van der Waals surface area (Å²) in [5.74, 6) is -0.484. The summed E-state index contributed by atoms with van der Waals surface area (Å²) in [5, 5.41) is 11.0. The molecule has 8 nitrogen and oxygen atoms in total. The van der Waals surface area contributed by atoms with Crippen LogP contribution in [0.4, 0.5) is 5.69 Å². The zero-order chi connectivity index (χ0) is 19.3. The van der Waals surface area contributed by atoms with Gasteiger partial charge in [0.25, 0.3) is 5.69 Å². The molecule has 26 heavy (non-hydrogen) atoms. The summed E-state index contributed by atoms with van der Waals surface area (Å²) in [6.45, 7) is 1.03. The highest BCUT2D eigenvalue weighted by Gasteiger charge is 2.17. The highest BCUT2D eigenvalue weighted by Crippen LogP contribution is 2.23. The predicted octanol–water partition coefficient (Wildman–Crippen LogP) is 2.96. The second-order valence-corrected chi connectivity index (χ2v) is 5.36. The van der Waals surface area contributed by atoms with Gasteiger partial charge in [0, 0.05) is 23.3 Å². The smallest absolute Gasteiger partial charge is 0.338 e. The number of carbonyl (C=O) groups excluding carboxylic acids is 2. The lowest BCUT2D eigenvalue weighted by Gasteiger charge is -2.09. The number of nitro groups is 1. The third-order valence-corrected chi connectivity index (χ3v) is 3.65. The van der Waals surface area contributed by atoms with Gasteiger partial charge in [-0.2, -0.15) is 0 Å². The molecule has 0 bridgehead atoms. The molecule has 0 amide bonds. The zero-order valence-electron chi connectivity index (χ0n) is 14.5. The molecule has 0 atom stereocenters. The second kappa shape index (κ2) is 8.11. The summed E-state index contributed by atoms with van der Waals surface area (Å²) in [5.41, 5.74) is 0.522. The minimum atomic E-state index is -0.739. The van der Waals surface area contributed by atoms with Crippen molar-refractivity contribution in [3.63, 3.8) is 0 Å². The molecule has 0 radical (unpaired) electrons. The number of carbonyl (C=O) groups is 2. The number of esters is 1. The van der Waals surface area contributed by atoms with Crippen LogP contribution in [0.3, 0.4) is 0 Å². The standard InChI is InChI=1S/C18H17NO7/c1-11-4-5-12(8-16(11)19(22)23)17(20)10-26-18(21)13-6-14(24-2)9-15(7-13)25-3/h4-9H,10H2,1-3H3. The summed E-state index contributed by atoms with van der Waals surface area (Å²) in [4.78, 5) is 34.7. The zero-order valence-corrected chi connectivity index (χ0v) is 14.5. The van der Waals surface area contributed by atoms with E-state index in [4.69, 9.17) is 14.2 Å². The number of ketones is 1. The van der Waals surface area contributed by atoms with Crippen LogP contribution in [0.25, 0.3) is 0 Å². The first-order valence-electron chi connectivity index (χ1n) is 7.54. The second-order valence-electron chi connectivity index (χ2n) is 5.36. The minimum Gasteiger partial charge on any atom is -0.497 e. The summed E-state index contributed by atoms with van der Waals surface area (Å²) < 4.78 is 15.1. The van der Waals surface area contributed by atoms with E-state index in [1.807, 2.05) is 0 Å². The highest BCUT2D eigenvalue weighted by molar-refractivity contribution is 6.00. The number of hydrogen-bond donors (Lipinski definition) is 0. The van der Waals surface area contributed by atoms with Crippen LogP contribution in [0.2, 0.25) is 0 Å². The van der Waals surface area contributed by atoms with Crippen molar-refractivity contribution in [3.05, 3.63) is 63.2 Å². The fraction of sp³-hybridized carbons (Fsp3) is 0.222. The van der Waals surface area contributed by atoms with Crippen molar-refractivity contribution in [1.82, 2.24) is 0 Å². The SMILES string of the molecule is COc1cc(OC)cc(C(=O)OCC(=O)c2ccc(C)c([N+](=O)[O-])c2)c1. The lowest BCUT2D eigenvalue weighted by atomic mass is 10.1. The number of hydrogen-bond acceptors (Lipinski definition) is 7. The Labute approximate surface area is 149 Å². The average Bonchev–Trinajstić information content (AvgIpc) is 2.65. The van der Waals surface area contributed by atoms with Crippen LogP contribution in [0.5, 0.6) is 11.5 Å². The Morgan fingerprint density at radius 1 is 1.00 bits per heavy atom. The van der Waals surface area contributed by atoms with Crippen LogP contribution in [0.15, 0.2) is 36.4 Å². The fourth-order valence-corrected chi connectivity index (χ4v) is 2.20. The molecule has 2 aromatic rings. The van der Waals surface area contributed by atoms with Crippen LogP contribution >= 0.6 is 0 Å². The molecule has 0 aliphatic carbocycles. The van der Waals surface area contributed by atoms with E-state index in [9.17, 15) is 19.7 Å². The largest absolute Gasteiger partial charge is 0.497 e. The lowest BCUT2D eigenvalue weighted by molar-refractivity contribution is -0.385. The molecule has 0 saturated heterocycles. The Morgan fingerprint density at radius 2 is 1.62 bits per heavy atom. The van der Waals surface area contributed by atoms with Crippen LogP contribution in [-0.4, -0.2) is 37.5 Å². The Bertz CT molecular complexity index is 838. The molecule has 8 heteroatoms. The van der Waals surface area contributed by atoms with Crippen molar-refractivity contribution in [1.29, 1.82) is 0 Å². The van der Waals surface area contributed by atoms with Crippen LogP contribution < -0.4 is 9.47 Å². The van der Waals surface area contributed by atoms with Gasteiger partial charge in [0.1, 0.15) is 11.5 Å². The first kappa shape index (κ1) is 18.9. The number of methoxy groups -OCH3 is 2. The van der Waals surface area contributed by atoms with Gasteiger partial charge < -0.3 is 14.2 Å². The van der Waals surface area contributed by atoms with E-state index < -0.39 is 23.3 Å². The molecule has 0 heterocycles. The molecule has 0 unspecified atom stereocenters. The van der Waals surface area contributed by atoms with Gasteiger partial charge in [-0.3, -0.25) is 14.9 Å².